The number of halogens is 2. The first-order valence-electron chi connectivity index (χ1n) is 10.2. The maximum Gasteiger partial charge on any atom is 0.335 e. The average Bonchev–Trinajstić information content (AvgIpc) is 2.69. The van der Waals surface area contributed by atoms with Gasteiger partial charge in [0.15, 0.2) is 0 Å². The summed E-state index contributed by atoms with van der Waals surface area (Å²) < 4.78 is 15.1. The molecule has 4 rings (SSSR count). The van der Waals surface area contributed by atoms with Gasteiger partial charge in [-0.15, -0.1) is 0 Å². The van der Waals surface area contributed by atoms with E-state index in [0.29, 0.717) is 5.02 Å². The molecule has 1 atom stereocenters. The van der Waals surface area contributed by atoms with Crippen LogP contribution in [0.25, 0.3) is 6.08 Å². The van der Waals surface area contributed by atoms with Gasteiger partial charge in [0.05, 0.1) is 5.69 Å². The van der Waals surface area contributed by atoms with E-state index in [1.165, 1.54) is 24.3 Å². The lowest BCUT2D eigenvalue weighted by molar-refractivity contribution is -0.122. The largest absolute Gasteiger partial charge is 0.369 e. The third-order valence-corrected chi connectivity index (χ3v) is 6.45. The molecule has 0 bridgehead atoms. The minimum Gasteiger partial charge on any atom is -0.369 e. The van der Waals surface area contributed by atoms with E-state index >= 15 is 4.39 Å². The second-order valence-electron chi connectivity index (χ2n) is 8.85. The minimum absolute atomic E-state index is 0.114. The van der Waals surface area contributed by atoms with Crippen molar-refractivity contribution in [2.24, 2.45) is 0 Å². The zero-order valence-corrected chi connectivity index (χ0v) is 19.0. The van der Waals surface area contributed by atoms with Crippen LogP contribution in [0.5, 0.6) is 0 Å². The van der Waals surface area contributed by atoms with Crippen molar-refractivity contribution in [3.63, 3.8) is 0 Å². The number of nitrogens with zero attached hydrogens (tertiary/aromatic N) is 2. The maximum absolute atomic E-state index is 15.1. The molecule has 1 unspecified atom stereocenters. The number of amides is 4. The SMILES string of the molecule is CC1CC(C)(C)N(C)c2cc(F)c(/C=C3/C(=O)NC(=O)N(c4cccc(Cl)c4)C3=O)cc21. The fraction of sp³-hybridized carbons (Fsp3) is 0.292. The normalized spacial score (nSPS) is 21.6. The van der Waals surface area contributed by atoms with Gasteiger partial charge >= 0.3 is 6.03 Å². The Labute approximate surface area is 190 Å². The Bertz CT molecular complexity index is 1190. The summed E-state index contributed by atoms with van der Waals surface area (Å²) in [5.74, 6) is -2.11. The number of benzene rings is 2. The van der Waals surface area contributed by atoms with Crippen molar-refractivity contribution >= 4 is 46.9 Å². The molecule has 0 radical (unpaired) electrons. The van der Waals surface area contributed by atoms with Crippen LogP contribution >= 0.6 is 11.6 Å². The van der Waals surface area contributed by atoms with Crippen molar-refractivity contribution < 1.29 is 18.8 Å². The predicted molar refractivity (Wildman–Crippen MR) is 122 cm³/mol. The molecule has 0 saturated carbocycles. The Morgan fingerprint density at radius 1 is 1.19 bits per heavy atom. The van der Waals surface area contributed by atoms with E-state index in [1.54, 1.807) is 18.2 Å². The van der Waals surface area contributed by atoms with Crippen LogP contribution in [0.4, 0.5) is 20.6 Å². The summed E-state index contributed by atoms with van der Waals surface area (Å²) >= 11 is 5.98. The van der Waals surface area contributed by atoms with Gasteiger partial charge in [0, 0.05) is 28.9 Å². The Hall–Kier alpha value is -3.19. The minimum atomic E-state index is -0.886. The second-order valence-corrected chi connectivity index (χ2v) is 9.28. The molecule has 2 aliphatic rings. The third kappa shape index (κ3) is 3.66. The smallest absolute Gasteiger partial charge is 0.335 e. The monoisotopic (exact) mass is 455 g/mol. The van der Waals surface area contributed by atoms with Gasteiger partial charge in [-0.3, -0.25) is 14.9 Å². The van der Waals surface area contributed by atoms with Crippen LogP contribution in [0.2, 0.25) is 5.02 Å². The zero-order chi connectivity index (χ0) is 23.4. The molecule has 1 fully saturated rings. The number of urea groups is 1. The number of fused-ring (bicyclic) bond motifs is 1. The van der Waals surface area contributed by atoms with Gasteiger partial charge in [0.25, 0.3) is 11.8 Å². The van der Waals surface area contributed by atoms with Crippen molar-refractivity contribution in [3.05, 3.63) is 63.9 Å². The first-order valence-corrected chi connectivity index (χ1v) is 10.6. The summed E-state index contributed by atoms with van der Waals surface area (Å²) in [6.07, 6.45) is 2.07. The topological polar surface area (TPSA) is 69.7 Å². The zero-order valence-electron chi connectivity index (χ0n) is 18.2. The molecule has 1 saturated heterocycles. The number of barbiturate groups is 1. The summed E-state index contributed by atoms with van der Waals surface area (Å²) in [5.41, 5.74) is 1.58. The van der Waals surface area contributed by atoms with Crippen LogP contribution in [0.15, 0.2) is 42.0 Å². The highest BCUT2D eigenvalue weighted by Crippen LogP contribution is 2.43. The molecule has 6 nitrogen and oxygen atoms in total. The molecular formula is C24H23ClFN3O3. The van der Waals surface area contributed by atoms with Crippen molar-refractivity contribution in [2.45, 2.75) is 38.6 Å². The van der Waals surface area contributed by atoms with E-state index in [2.05, 4.69) is 26.1 Å². The van der Waals surface area contributed by atoms with Crippen molar-refractivity contribution in [1.82, 2.24) is 5.32 Å². The number of carbonyl (C=O) groups is 3. The van der Waals surface area contributed by atoms with E-state index in [1.807, 2.05) is 11.9 Å². The van der Waals surface area contributed by atoms with Gasteiger partial charge in [-0.2, -0.15) is 0 Å². The first kappa shape index (κ1) is 22.0. The fourth-order valence-electron chi connectivity index (χ4n) is 4.38. The molecule has 4 amide bonds. The van der Waals surface area contributed by atoms with Crippen LogP contribution in [-0.4, -0.2) is 30.4 Å². The third-order valence-electron chi connectivity index (χ3n) is 6.22. The molecule has 166 valence electrons. The lowest BCUT2D eigenvalue weighted by Crippen LogP contribution is -2.54. The van der Waals surface area contributed by atoms with Crippen molar-refractivity contribution in [1.29, 1.82) is 0 Å². The molecule has 2 aliphatic heterocycles. The highest BCUT2D eigenvalue weighted by Gasteiger charge is 2.38. The number of hydrogen-bond acceptors (Lipinski definition) is 4. The van der Waals surface area contributed by atoms with Gasteiger partial charge in [0.2, 0.25) is 0 Å². The van der Waals surface area contributed by atoms with Crippen molar-refractivity contribution in [2.75, 3.05) is 16.8 Å². The summed E-state index contributed by atoms with van der Waals surface area (Å²) in [7, 11) is 1.93. The quantitative estimate of drug-likeness (QED) is 0.518. The Kier molecular flexibility index (Phi) is 5.33. The first-order chi connectivity index (χ1) is 15.0. The number of carbonyl (C=O) groups excluding carboxylic acids is 3. The van der Waals surface area contributed by atoms with Crippen LogP contribution < -0.4 is 15.1 Å². The Morgan fingerprint density at radius 2 is 1.91 bits per heavy atom. The molecule has 0 spiro atoms. The fourth-order valence-corrected chi connectivity index (χ4v) is 4.56. The van der Waals surface area contributed by atoms with E-state index in [9.17, 15) is 14.4 Å². The molecule has 32 heavy (non-hydrogen) atoms. The van der Waals surface area contributed by atoms with Crippen LogP contribution in [-0.2, 0) is 9.59 Å². The molecule has 1 N–H and O–H groups in total. The number of nitrogens with one attached hydrogen (secondary N) is 1. The van der Waals surface area contributed by atoms with Gasteiger partial charge in [0.1, 0.15) is 11.4 Å². The second kappa shape index (κ2) is 7.74. The van der Waals surface area contributed by atoms with E-state index in [-0.39, 0.29) is 28.3 Å². The van der Waals surface area contributed by atoms with Gasteiger partial charge in [-0.1, -0.05) is 24.6 Å². The van der Waals surface area contributed by atoms with Crippen molar-refractivity contribution in [3.8, 4) is 0 Å². The molecule has 2 heterocycles. The van der Waals surface area contributed by atoms with E-state index in [4.69, 9.17) is 11.6 Å². The predicted octanol–water partition coefficient (Wildman–Crippen LogP) is 4.87. The average molecular weight is 456 g/mol. The number of rotatable bonds is 2. The highest BCUT2D eigenvalue weighted by molar-refractivity contribution is 6.39. The van der Waals surface area contributed by atoms with Crippen LogP contribution in [0.1, 0.15) is 44.2 Å². The molecular weight excluding hydrogens is 433 g/mol. The van der Waals surface area contributed by atoms with Crippen LogP contribution in [0.3, 0.4) is 0 Å². The maximum atomic E-state index is 15.1. The van der Waals surface area contributed by atoms with E-state index in [0.717, 1.165) is 22.6 Å². The van der Waals surface area contributed by atoms with Crippen LogP contribution in [0, 0.1) is 5.82 Å². The molecule has 0 aliphatic carbocycles. The Morgan fingerprint density at radius 3 is 2.59 bits per heavy atom. The van der Waals surface area contributed by atoms with Gasteiger partial charge in [-0.25, -0.2) is 14.1 Å². The lowest BCUT2D eigenvalue weighted by atomic mass is 9.80. The number of imide groups is 2. The molecule has 8 heteroatoms. The summed E-state index contributed by atoms with van der Waals surface area (Å²) in [6.45, 7) is 6.28. The molecule has 2 aromatic rings. The number of hydrogen-bond donors (Lipinski definition) is 1. The molecule has 0 aromatic heterocycles. The van der Waals surface area contributed by atoms with Gasteiger partial charge in [-0.05, 0) is 68.2 Å². The van der Waals surface area contributed by atoms with Gasteiger partial charge < -0.3 is 4.90 Å². The Balaban J connectivity index is 1.78. The highest BCUT2D eigenvalue weighted by atomic mass is 35.5. The summed E-state index contributed by atoms with van der Waals surface area (Å²) in [5, 5.41) is 2.47. The molecule has 2 aromatic carbocycles. The standard InChI is InChI=1S/C24H23ClFN3O3/c1-13-12-24(2,3)28(4)20-11-19(26)14(8-17(13)20)9-18-21(30)27-23(32)29(22(18)31)16-7-5-6-15(25)10-16/h5-11,13H,12H2,1-4H3,(H,27,30,32)/b18-9-. The summed E-state index contributed by atoms with van der Waals surface area (Å²) in [4.78, 5) is 40.7. The lowest BCUT2D eigenvalue weighted by Gasteiger charge is -2.45. The number of anilines is 2. The summed E-state index contributed by atoms with van der Waals surface area (Å²) in [6, 6.07) is 8.37. The van der Waals surface area contributed by atoms with E-state index < -0.39 is 23.7 Å².